The van der Waals surface area contributed by atoms with Gasteiger partial charge in [-0.1, -0.05) is 13.0 Å². The van der Waals surface area contributed by atoms with Crippen LogP contribution in [0.5, 0.6) is 0 Å². The third-order valence-electron chi connectivity index (χ3n) is 3.01. The van der Waals surface area contributed by atoms with Gasteiger partial charge in [0, 0.05) is 22.7 Å². The molecule has 1 atom stereocenters. The summed E-state index contributed by atoms with van der Waals surface area (Å²) < 4.78 is 13.9. The van der Waals surface area contributed by atoms with Crippen LogP contribution in [-0.2, 0) is 0 Å². The molecule has 4 heteroatoms. The number of nitrogens with one attached hydrogen (secondary N) is 1. The van der Waals surface area contributed by atoms with Gasteiger partial charge >= 0.3 is 0 Å². The lowest BCUT2D eigenvalue weighted by Crippen LogP contribution is -2.18. The van der Waals surface area contributed by atoms with Crippen LogP contribution in [-0.4, -0.2) is 11.5 Å². The average Bonchev–Trinajstić information content (AvgIpc) is 2.85. The molecule has 1 heterocycles. The van der Waals surface area contributed by atoms with E-state index in [1.165, 1.54) is 0 Å². The molecule has 0 fully saturated rings. The summed E-state index contributed by atoms with van der Waals surface area (Å²) in [6.07, 6.45) is 2.94. The molecular weight excluding hydrogens is 259 g/mol. The van der Waals surface area contributed by atoms with Crippen molar-refractivity contribution in [2.75, 3.05) is 6.54 Å². The minimum absolute atomic E-state index is 0.199. The predicted molar refractivity (Wildman–Crippen MR) is 79.0 cm³/mol. The molecule has 0 saturated heterocycles. The van der Waals surface area contributed by atoms with Gasteiger partial charge in [0.2, 0.25) is 0 Å². The second-order valence-corrected chi connectivity index (χ2v) is 5.79. The Balaban J connectivity index is 2.20. The first kappa shape index (κ1) is 14.2. The molecule has 19 heavy (non-hydrogen) atoms. The molecule has 0 bridgehead atoms. The van der Waals surface area contributed by atoms with Crippen molar-refractivity contribution < 1.29 is 4.39 Å². The Morgan fingerprint density at radius 3 is 2.89 bits per heavy atom. The second kappa shape index (κ2) is 6.26. The predicted octanol–water partition coefficient (Wildman–Crippen LogP) is 4.32. The van der Waals surface area contributed by atoms with Gasteiger partial charge in [-0.3, -0.25) is 0 Å². The highest BCUT2D eigenvalue weighted by molar-refractivity contribution is 7.15. The molecule has 0 amide bonds. The lowest BCUT2D eigenvalue weighted by Gasteiger charge is -2.09. The molecule has 0 aliphatic carbocycles. The zero-order valence-corrected chi connectivity index (χ0v) is 12.4. The zero-order valence-electron chi connectivity index (χ0n) is 11.5. The van der Waals surface area contributed by atoms with E-state index in [9.17, 15) is 4.39 Å². The lowest BCUT2D eigenvalue weighted by molar-refractivity contribution is 0.577. The van der Waals surface area contributed by atoms with Crippen molar-refractivity contribution in [1.29, 1.82) is 0 Å². The fourth-order valence-corrected chi connectivity index (χ4v) is 2.84. The standard InChI is InChI=1S/C15H19FN2S/c1-4-7-17-11(3)14-9-18-15(19-14)12-6-5-10(2)8-13(12)16/h5-6,8-9,11,17H,4,7H2,1-3H3. The molecule has 1 N–H and O–H groups in total. The van der Waals surface area contributed by atoms with Crippen LogP contribution in [0.2, 0.25) is 0 Å². The number of hydrogen-bond acceptors (Lipinski definition) is 3. The summed E-state index contributed by atoms with van der Waals surface area (Å²) in [6.45, 7) is 7.11. The third kappa shape index (κ3) is 3.39. The van der Waals surface area contributed by atoms with Crippen molar-refractivity contribution in [1.82, 2.24) is 10.3 Å². The highest BCUT2D eigenvalue weighted by Gasteiger charge is 2.13. The monoisotopic (exact) mass is 278 g/mol. The SMILES string of the molecule is CCCNC(C)c1cnc(-c2ccc(C)cc2F)s1. The number of benzene rings is 1. The van der Waals surface area contributed by atoms with Gasteiger partial charge in [0.05, 0.1) is 0 Å². The first-order chi connectivity index (χ1) is 9.11. The highest BCUT2D eigenvalue weighted by atomic mass is 32.1. The van der Waals surface area contributed by atoms with E-state index in [1.54, 1.807) is 23.5 Å². The Bertz CT molecular complexity index is 551. The van der Waals surface area contributed by atoms with Crippen molar-refractivity contribution in [3.63, 3.8) is 0 Å². The van der Waals surface area contributed by atoms with Crippen molar-refractivity contribution in [3.8, 4) is 10.6 Å². The van der Waals surface area contributed by atoms with Gasteiger partial charge in [0.1, 0.15) is 10.8 Å². The molecule has 1 aromatic carbocycles. The van der Waals surface area contributed by atoms with Crippen LogP contribution in [0.1, 0.15) is 36.8 Å². The number of rotatable bonds is 5. The summed E-state index contributed by atoms with van der Waals surface area (Å²) in [5.41, 5.74) is 1.51. The Hall–Kier alpha value is -1.26. The normalized spacial score (nSPS) is 12.6. The molecule has 2 rings (SSSR count). The van der Waals surface area contributed by atoms with Gasteiger partial charge in [-0.2, -0.15) is 0 Å². The number of thiazole rings is 1. The topological polar surface area (TPSA) is 24.9 Å². The molecule has 0 spiro atoms. The van der Waals surface area contributed by atoms with Crippen LogP contribution in [0.25, 0.3) is 10.6 Å². The molecule has 0 radical (unpaired) electrons. The van der Waals surface area contributed by atoms with Crippen LogP contribution in [0, 0.1) is 12.7 Å². The van der Waals surface area contributed by atoms with Gasteiger partial charge in [-0.25, -0.2) is 9.37 Å². The van der Waals surface area contributed by atoms with Crippen LogP contribution >= 0.6 is 11.3 Å². The Morgan fingerprint density at radius 1 is 1.42 bits per heavy atom. The van der Waals surface area contributed by atoms with Gasteiger partial charge in [-0.15, -0.1) is 11.3 Å². The fraction of sp³-hybridized carbons (Fsp3) is 0.400. The van der Waals surface area contributed by atoms with Crippen molar-refractivity contribution in [2.24, 2.45) is 0 Å². The van der Waals surface area contributed by atoms with E-state index in [2.05, 4.69) is 24.1 Å². The van der Waals surface area contributed by atoms with Crippen molar-refractivity contribution in [2.45, 2.75) is 33.2 Å². The largest absolute Gasteiger partial charge is 0.309 e. The van der Waals surface area contributed by atoms with E-state index in [0.29, 0.717) is 5.56 Å². The maximum atomic E-state index is 13.9. The average molecular weight is 278 g/mol. The molecular formula is C15H19FN2S. The van der Waals surface area contributed by atoms with Crippen molar-refractivity contribution >= 4 is 11.3 Å². The molecule has 1 unspecified atom stereocenters. The van der Waals surface area contributed by atoms with E-state index in [1.807, 2.05) is 19.2 Å². The van der Waals surface area contributed by atoms with Gasteiger partial charge in [-0.05, 0) is 44.5 Å². The summed E-state index contributed by atoms with van der Waals surface area (Å²) in [5.74, 6) is -0.199. The number of nitrogens with zero attached hydrogens (tertiary/aromatic N) is 1. The molecule has 0 aliphatic heterocycles. The van der Waals surface area contributed by atoms with Crippen molar-refractivity contribution in [3.05, 3.63) is 40.7 Å². The molecule has 1 aromatic heterocycles. The van der Waals surface area contributed by atoms with E-state index in [0.717, 1.165) is 28.4 Å². The summed E-state index contributed by atoms with van der Waals surface area (Å²) in [5, 5.41) is 4.16. The number of aromatic nitrogens is 1. The first-order valence-corrected chi connectivity index (χ1v) is 7.39. The first-order valence-electron chi connectivity index (χ1n) is 6.57. The molecule has 0 aliphatic rings. The number of hydrogen-bond donors (Lipinski definition) is 1. The summed E-state index contributed by atoms with van der Waals surface area (Å²) in [6, 6.07) is 5.53. The quantitative estimate of drug-likeness (QED) is 0.881. The lowest BCUT2D eigenvalue weighted by atomic mass is 10.1. The third-order valence-corrected chi connectivity index (χ3v) is 4.22. The van der Waals surface area contributed by atoms with Gasteiger partial charge in [0.15, 0.2) is 0 Å². The number of aryl methyl sites for hydroxylation is 1. The molecule has 0 saturated carbocycles. The minimum atomic E-state index is -0.199. The smallest absolute Gasteiger partial charge is 0.133 e. The second-order valence-electron chi connectivity index (χ2n) is 4.73. The fourth-order valence-electron chi connectivity index (χ4n) is 1.87. The summed E-state index contributed by atoms with van der Waals surface area (Å²) in [4.78, 5) is 5.49. The Kier molecular flexibility index (Phi) is 4.66. The molecule has 102 valence electrons. The Labute approximate surface area is 117 Å². The summed E-state index contributed by atoms with van der Waals surface area (Å²) >= 11 is 1.55. The van der Waals surface area contributed by atoms with Crippen LogP contribution < -0.4 is 5.32 Å². The van der Waals surface area contributed by atoms with E-state index < -0.39 is 0 Å². The summed E-state index contributed by atoms with van der Waals surface area (Å²) in [7, 11) is 0. The van der Waals surface area contributed by atoms with E-state index in [4.69, 9.17) is 0 Å². The number of halogens is 1. The maximum absolute atomic E-state index is 13.9. The minimum Gasteiger partial charge on any atom is -0.309 e. The van der Waals surface area contributed by atoms with Crippen LogP contribution in [0.4, 0.5) is 4.39 Å². The van der Waals surface area contributed by atoms with Gasteiger partial charge in [0.25, 0.3) is 0 Å². The molecule has 2 nitrogen and oxygen atoms in total. The van der Waals surface area contributed by atoms with E-state index in [-0.39, 0.29) is 11.9 Å². The van der Waals surface area contributed by atoms with Crippen LogP contribution in [0.3, 0.4) is 0 Å². The zero-order chi connectivity index (χ0) is 13.8. The van der Waals surface area contributed by atoms with E-state index >= 15 is 0 Å². The van der Waals surface area contributed by atoms with Gasteiger partial charge < -0.3 is 5.32 Å². The maximum Gasteiger partial charge on any atom is 0.133 e. The Morgan fingerprint density at radius 2 is 2.21 bits per heavy atom. The highest BCUT2D eigenvalue weighted by Crippen LogP contribution is 2.30. The van der Waals surface area contributed by atoms with Crippen LogP contribution in [0.15, 0.2) is 24.4 Å². The molecule has 2 aromatic rings.